The van der Waals surface area contributed by atoms with Crippen LogP contribution in [0.2, 0.25) is 0 Å². The number of hydrogen-bond acceptors (Lipinski definition) is 12. The van der Waals surface area contributed by atoms with Crippen LogP contribution in [-0.4, -0.2) is 134 Å². The maximum absolute atomic E-state index is 12.1. The van der Waals surface area contributed by atoms with Crippen LogP contribution in [0.15, 0.2) is 0 Å². The Kier molecular flexibility index (Phi) is 21.3. The first-order valence-corrected chi connectivity index (χ1v) is 48.1. The molecule has 0 unspecified atom stereocenters. The van der Waals surface area contributed by atoms with Crippen molar-refractivity contribution in [2.24, 2.45) is 209 Å². The molecule has 0 bridgehead atoms. The fraction of sp³-hybridized carbons (Fsp3) is 0.962. The highest BCUT2D eigenvalue weighted by Crippen LogP contribution is 2.76. The Morgan fingerprint density at radius 1 is 0.308 bits per heavy atom. The molecular formula is C104H176O16. The van der Waals surface area contributed by atoms with Crippen molar-refractivity contribution in [3.05, 3.63) is 0 Å². The van der Waals surface area contributed by atoms with Crippen molar-refractivity contribution in [1.29, 1.82) is 0 Å². The number of hydrogen-bond donors (Lipinski definition) is 12. The highest BCUT2D eigenvalue weighted by Gasteiger charge is 2.71. The van der Waals surface area contributed by atoms with Crippen molar-refractivity contribution >= 4 is 23.9 Å². The molecule has 0 saturated heterocycles. The van der Waals surface area contributed by atoms with Crippen molar-refractivity contribution in [3.8, 4) is 0 Å². The molecule has 12 N–H and O–H groups in total. The van der Waals surface area contributed by atoms with Crippen LogP contribution in [0, 0.1) is 209 Å². The van der Waals surface area contributed by atoms with E-state index in [0.717, 1.165) is 89.9 Å². The van der Waals surface area contributed by atoms with Crippen LogP contribution in [0.5, 0.6) is 0 Å². The molecule has 16 aliphatic rings. The minimum absolute atomic E-state index is 0.00253. The van der Waals surface area contributed by atoms with Crippen LogP contribution in [-0.2, 0) is 19.2 Å². The highest BCUT2D eigenvalue weighted by molar-refractivity contribution is 5.67. The number of carbonyl (C=O) groups is 4. The Morgan fingerprint density at radius 2 is 0.550 bits per heavy atom. The predicted octanol–water partition coefficient (Wildman–Crippen LogP) is 20.5. The molecule has 0 heterocycles. The Morgan fingerprint density at radius 3 is 0.825 bits per heavy atom. The normalized spacial score (nSPS) is 59.2. The Bertz CT molecular complexity index is 4520. The lowest BCUT2D eigenvalue weighted by Gasteiger charge is -2.64. The van der Waals surface area contributed by atoms with Gasteiger partial charge in [0.1, 0.15) is 0 Å². The van der Waals surface area contributed by atoms with Crippen LogP contribution in [0.4, 0.5) is 0 Å². The standard InChI is InChI=1S/4C26H44O4/c4*1-5-17-21-14-16(27)10-12-26(21,4)20-11-13-25(3)18(15(2)6-9-22(28)29)7-8-19(25)23(20)24(17)30/h4*15-21,23-24,27,30H,5-14H2,1-4H3,(H,28,29)/t3*15-,16-,17+,18-,19+,20+,21+,23+,24-,25-,26-;15-,16-,17-,18-,19+,20+,21+,23+,24-,25-,26-/m1111/s1/i1D3,5D2,17D,24D;5D2,17D,24D;1D3,17D,24D;1D3,5D2,24D. The Labute approximate surface area is 756 Å². The zero-order valence-electron chi connectivity index (χ0n) is 97.4. The van der Waals surface area contributed by atoms with Crippen molar-refractivity contribution in [3.63, 3.8) is 0 Å². The molecule has 16 nitrogen and oxygen atoms in total. The van der Waals surface area contributed by atoms with E-state index in [1.807, 2.05) is 6.92 Å². The lowest BCUT2D eigenvalue weighted by molar-refractivity contribution is -0.203. The number of fused-ring (bicyclic) bond motifs is 20. The van der Waals surface area contributed by atoms with Crippen molar-refractivity contribution in [2.75, 3.05) is 0 Å². The van der Waals surface area contributed by atoms with Crippen molar-refractivity contribution in [1.82, 2.24) is 0 Å². The SMILES string of the molecule is [2H]C([2H])(C)[C@@]1([2H])[C@@H]2C[C@H](O)CC[C@]2(C)[C@H]2CC[C@]3(C)[C@@H]([C@H](C)CCC(=O)O)CC[C@H]3[C@@H]2[C@]1([2H])O.[2H]C([2H])([2H])C([2H])([2H])[C@@H]1[C@@H]2C[C@H](O)CC[C@]2(C)[C@H]2CC[C@]3(C)[C@@H]([C@H](C)CCC(=O)O)CC[C@H]3[C@@H]2[C@]1([2H])O.[2H]C([2H])([2H])C([2H])([2H])[C@@]1([2H])[C@@H]2C[C@H](O)CC[C@]2(C)[C@H]2CC[C@]3(C)[C@@H]([C@H](C)CCC(=O)O)CC[C@H]3[C@@H]2[C@]1([2H])O.[2H]C([2H])([2H])C[C@@]1([2H])[C@@H]2C[C@H](O)CC[C@]2(C)[C@H]2CC[C@]3(C)[C@@H]([C@H](C)CCC(=O)O)CC[C@H]3[C@@H]2[C@]1([2H])O. The second kappa shape index (κ2) is 36.8. The minimum atomic E-state index is -3.23. The molecular weight excluding hydrogens is 1510 g/mol. The van der Waals surface area contributed by atoms with Gasteiger partial charge in [-0.05, 0) is 414 Å². The lowest BCUT2D eigenvalue weighted by Crippen LogP contribution is -2.62. The van der Waals surface area contributed by atoms with E-state index < -0.39 is 211 Å². The van der Waals surface area contributed by atoms with Crippen LogP contribution in [0.25, 0.3) is 0 Å². The fourth-order valence-corrected chi connectivity index (χ4v) is 34.6. The van der Waals surface area contributed by atoms with Crippen LogP contribution in [0.1, 0.15) is 397 Å². The van der Waals surface area contributed by atoms with E-state index in [-0.39, 0.29) is 162 Å². The van der Waals surface area contributed by atoms with Gasteiger partial charge in [-0.1, -0.05) is 136 Å². The van der Waals surface area contributed by atoms with Gasteiger partial charge in [0.2, 0.25) is 0 Å². The van der Waals surface area contributed by atoms with Gasteiger partial charge in [0.25, 0.3) is 0 Å². The molecule has 16 saturated carbocycles. The summed E-state index contributed by atoms with van der Waals surface area (Å²) >= 11 is 0. The summed E-state index contributed by atoms with van der Waals surface area (Å²) in [6.07, 6.45) is 0.648. The summed E-state index contributed by atoms with van der Waals surface area (Å²) in [5.74, 6) is -15.2. The van der Waals surface area contributed by atoms with Gasteiger partial charge in [0.15, 0.2) is 0 Å². The highest BCUT2D eigenvalue weighted by atomic mass is 16.4. The number of carboxylic acid groups (broad SMARTS) is 4. The number of aliphatic hydroxyl groups is 8. The number of aliphatic carboxylic acids is 4. The Balaban J connectivity index is 0.000000159. The maximum atomic E-state index is 12.1. The van der Waals surface area contributed by atoms with Gasteiger partial charge < -0.3 is 61.3 Å². The predicted molar refractivity (Wildman–Crippen MR) is 471 cm³/mol. The van der Waals surface area contributed by atoms with E-state index in [1.165, 1.54) is 6.92 Å². The van der Waals surface area contributed by atoms with Gasteiger partial charge in [0.05, 0.1) is 54.2 Å². The molecule has 0 radical (unpaired) electrons. The average Bonchev–Trinajstić information content (AvgIpc) is 1.08. The van der Waals surface area contributed by atoms with Gasteiger partial charge in [0, 0.05) is 50.4 Å². The summed E-state index contributed by atoms with van der Waals surface area (Å²) in [7, 11) is 0. The fourth-order valence-electron chi connectivity index (χ4n) is 34.6. The van der Waals surface area contributed by atoms with Crippen LogP contribution in [0.3, 0.4) is 0 Å². The number of aliphatic hydroxyl groups excluding tert-OH is 4. The minimum Gasteiger partial charge on any atom is -0.481 e. The lowest BCUT2D eigenvalue weighted by atomic mass is 9.41. The molecule has 16 fully saturated rings. The van der Waals surface area contributed by atoms with E-state index in [0.29, 0.717) is 95.8 Å². The molecule has 120 heavy (non-hydrogen) atoms. The summed E-state index contributed by atoms with van der Waals surface area (Å²) in [5.41, 5.74) is -2.84. The van der Waals surface area contributed by atoms with Gasteiger partial charge in [-0.3, -0.25) is 19.2 Å². The molecule has 0 aliphatic heterocycles. The summed E-state index contributed by atoms with van der Waals surface area (Å²) < 4.78 is 190. The van der Waals surface area contributed by atoms with Gasteiger partial charge in [-0.2, -0.15) is 0 Å². The second-order valence-corrected chi connectivity index (χ2v) is 45.6. The van der Waals surface area contributed by atoms with E-state index in [1.54, 1.807) is 0 Å². The zero-order chi connectivity index (χ0) is 107. The maximum Gasteiger partial charge on any atom is 0.303 e. The number of carboxylic acids is 4. The summed E-state index contributed by atoms with van der Waals surface area (Å²) in [4.78, 5) is 44.8. The summed E-state index contributed by atoms with van der Waals surface area (Å²) in [6.45, 7) is 18.1. The van der Waals surface area contributed by atoms with Gasteiger partial charge in [-0.15, -0.1) is 0 Å². The molecule has 0 aromatic carbocycles. The molecule has 0 spiro atoms. The molecule has 0 aromatic rings. The molecule has 44 atom stereocenters. The van der Waals surface area contributed by atoms with Crippen LogP contribution < -0.4 is 0 Å². The second-order valence-electron chi connectivity index (χ2n) is 45.6. The topological polar surface area (TPSA) is 311 Å². The average molecular weight is 1700 g/mol. The molecule has 688 valence electrons. The molecule has 0 amide bonds. The first-order chi connectivity index (χ1) is 64.6. The first-order valence-electron chi connectivity index (χ1n) is 59.1. The van der Waals surface area contributed by atoms with Gasteiger partial charge >= 0.3 is 23.9 Å². The van der Waals surface area contributed by atoms with Crippen molar-refractivity contribution < 1.29 is 111 Å². The Hall–Kier alpha value is -2.44. The monoisotopic (exact) mass is 1700 g/mol. The molecule has 16 heteroatoms. The first kappa shape index (κ1) is 69.5. The third kappa shape index (κ3) is 16.7. The van der Waals surface area contributed by atoms with Gasteiger partial charge in [-0.25, -0.2) is 0 Å². The largest absolute Gasteiger partial charge is 0.481 e. The molecule has 0 aromatic heterocycles. The summed E-state index contributed by atoms with van der Waals surface area (Å²) in [6, 6.07) is 0. The third-order valence-corrected chi connectivity index (χ3v) is 40.9. The summed E-state index contributed by atoms with van der Waals surface area (Å²) in [5, 5.41) is 127. The van der Waals surface area contributed by atoms with Crippen molar-refractivity contribution in [2.45, 2.75) is 416 Å². The van der Waals surface area contributed by atoms with E-state index in [2.05, 4.69) is 76.2 Å². The van der Waals surface area contributed by atoms with E-state index in [9.17, 15) is 90.1 Å². The van der Waals surface area contributed by atoms with Crippen LogP contribution >= 0.6 is 0 Å². The van der Waals surface area contributed by atoms with E-state index in [4.69, 9.17) is 20.6 Å². The molecule has 16 rings (SSSR count). The third-order valence-electron chi connectivity index (χ3n) is 40.9. The molecule has 16 aliphatic carbocycles. The quantitative estimate of drug-likeness (QED) is 0.0539. The van der Waals surface area contributed by atoms with E-state index >= 15 is 0 Å². The smallest absolute Gasteiger partial charge is 0.303 e. The number of rotatable bonds is 20. The zero-order valence-corrected chi connectivity index (χ0v) is 75.4.